The lowest BCUT2D eigenvalue weighted by molar-refractivity contribution is -0.169. The van der Waals surface area contributed by atoms with E-state index in [0.29, 0.717) is 60.8 Å². The Bertz CT molecular complexity index is 1470. The van der Waals surface area contributed by atoms with E-state index in [9.17, 15) is 15.0 Å². The number of rotatable bonds is 14. The van der Waals surface area contributed by atoms with E-state index in [1.54, 1.807) is 4.90 Å². The molecule has 2 atom stereocenters. The maximum absolute atomic E-state index is 15.8. The molecule has 4 aromatic carbocycles. The first-order chi connectivity index (χ1) is 23.5. The van der Waals surface area contributed by atoms with Gasteiger partial charge in [0, 0.05) is 0 Å². The number of amides is 2. The molecule has 6 heteroatoms. The second-order valence-electron chi connectivity index (χ2n) is 14.7. The van der Waals surface area contributed by atoms with Gasteiger partial charge >= 0.3 is 0 Å². The third kappa shape index (κ3) is 6.95. The van der Waals surface area contributed by atoms with Crippen LogP contribution in [0.25, 0.3) is 0 Å². The summed E-state index contributed by atoms with van der Waals surface area (Å²) < 4.78 is 0. The number of carbonyl (C=O) groups is 2. The Morgan fingerprint density at radius 1 is 0.612 bits per heavy atom. The van der Waals surface area contributed by atoms with E-state index in [4.69, 9.17) is 5.73 Å². The van der Waals surface area contributed by atoms with Crippen LogP contribution >= 0.6 is 0 Å². The van der Waals surface area contributed by atoms with Gasteiger partial charge in [-0.15, -0.1) is 0 Å². The smallest absolute Gasteiger partial charge is 0.239 e. The molecule has 0 heterocycles. The molecule has 0 saturated heterocycles. The lowest BCUT2D eigenvalue weighted by atomic mass is 9.70. The SMILES string of the molecule is CC(C)CC(N(C(=O)C1(C(N)=O)CCCC1)C(CC(C)C)C(O)(c1ccccc1)c1ccccc1)C(O)(c1ccccc1)c1ccccc1. The van der Waals surface area contributed by atoms with Crippen LogP contribution in [-0.4, -0.2) is 39.0 Å². The van der Waals surface area contributed by atoms with Crippen molar-refractivity contribution in [2.45, 2.75) is 89.5 Å². The first-order valence-electron chi connectivity index (χ1n) is 17.8. The Morgan fingerprint density at radius 2 is 0.898 bits per heavy atom. The minimum Gasteiger partial charge on any atom is -0.378 e. The highest BCUT2D eigenvalue weighted by Crippen LogP contribution is 2.49. The van der Waals surface area contributed by atoms with E-state index in [0.717, 1.165) is 0 Å². The van der Waals surface area contributed by atoms with E-state index in [1.807, 2.05) is 121 Å². The van der Waals surface area contributed by atoms with Crippen molar-refractivity contribution in [3.63, 3.8) is 0 Å². The Kier molecular flexibility index (Phi) is 11.1. The third-order valence-corrected chi connectivity index (χ3v) is 10.5. The number of primary amides is 1. The van der Waals surface area contributed by atoms with Crippen LogP contribution in [0.2, 0.25) is 0 Å². The molecular weight excluding hydrogens is 608 g/mol. The molecule has 1 aliphatic rings. The van der Waals surface area contributed by atoms with Gasteiger partial charge in [0.05, 0.1) is 12.1 Å². The molecule has 0 aromatic heterocycles. The van der Waals surface area contributed by atoms with Gasteiger partial charge in [0.25, 0.3) is 0 Å². The van der Waals surface area contributed by atoms with Gasteiger partial charge in [-0.1, -0.05) is 162 Å². The van der Waals surface area contributed by atoms with Crippen LogP contribution < -0.4 is 5.73 Å². The lowest BCUT2D eigenvalue weighted by Gasteiger charge is -2.53. The number of hydrogen-bond acceptors (Lipinski definition) is 4. The first kappa shape index (κ1) is 36.0. The summed E-state index contributed by atoms with van der Waals surface area (Å²) in [6, 6.07) is 36.0. The third-order valence-electron chi connectivity index (χ3n) is 10.5. The normalized spacial score (nSPS) is 16.0. The monoisotopic (exact) mass is 660 g/mol. The Morgan fingerprint density at radius 3 is 1.14 bits per heavy atom. The second-order valence-corrected chi connectivity index (χ2v) is 14.7. The van der Waals surface area contributed by atoms with E-state index in [-0.39, 0.29) is 11.8 Å². The van der Waals surface area contributed by atoms with Crippen LogP contribution in [-0.2, 0) is 20.8 Å². The first-order valence-corrected chi connectivity index (χ1v) is 17.8. The molecule has 1 fully saturated rings. The largest absolute Gasteiger partial charge is 0.378 e. The van der Waals surface area contributed by atoms with Crippen LogP contribution in [0.1, 0.15) is 88.5 Å². The summed E-state index contributed by atoms with van der Waals surface area (Å²) in [4.78, 5) is 31.1. The number of hydrogen-bond donors (Lipinski definition) is 3. The van der Waals surface area contributed by atoms with Gasteiger partial charge in [0.15, 0.2) is 0 Å². The maximum Gasteiger partial charge on any atom is 0.239 e. The second kappa shape index (κ2) is 15.1. The summed E-state index contributed by atoms with van der Waals surface area (Å²) in [6.45, 7) is 8.29. The molecule has 0 bridgehead atoms. The zero-order chi connectivity index (χ0) is 35.2. The highest BCUT2D eigenvalue weighted by molar-refractivity contribution is 6.05. The quantitative estimate of drug-likeness (QED) is 0.121. The molecule has 1 saturated carbocycles. The molecule has 2 unspecified atom stereocenters. The van der Waals surface area contributed by atoms with Crippen molar-refractivity contribution in [1.82, 2.24) is 4.90 Å². The number of aliphatic hydroxyl groups is 2. The van der Waals surface area contributed by atoms with E-state index in [2.05, 4.69) is 27.7 Å². The Balaban J connectivity index is 1.91. The van der Waals surface area contributed by atoms with Gasteiger partial charge in [-0.05, 0) is 59.8 Å². The number of benzene rings is 4. The fourth-order valence-electron chi connectivity index (χ4n) is 8.03. The summed E-state index contributed by atoms with van der Waals surface area (Å²) in [5.74, 6) is -1.04. The molecule has 49 heavy (non-hydrogen) atoms. The zero-order valence-electron chi connectivity index (χ0n) is 29.3. The topological polar surface area (TPSA) is 104 Å². The van der Waals surface area contributed by atoms with Gasteiger partial charge in [-0.25, -0.2) is 0 Å². The molecule has 1 aliphatic carbocycles. The van der Waals surface area contributed by atoms with Crippen molar-refractivity contribution in [2.24, 2.45) is 23.0 Å². The van der Waals surface area contributed by atoms with Gasteiger partial charge in [0.2, 0.25) is 11.8 Å². The fourth-order valence-corrected chi connectivity index (χ4v) is 8.03. The van der Waals surface area contributed by atoms with Crippen molar-refractivity contribution in [2.75, 3.05) is 0 Å². The van der Waals surface area contributed by atoms with Crippen molar-refractivity contribution in [1.29, 1.82) is 0 Å². The van der Waals surface area contributed by atoms with Crippen LogP contribution in [0.4, 0.5) is 0 Å². The summed E-state index contributed by atoms with van der Waals surface area (Å²) >= 11 is 0. The van der Waals surface area contributed by atoms with Crippen LogP contribution in [0.3, 0.4) is 0 Å². The number of nitrogens with two attached hydrogens (primary N) is 1. The molecular formula is C43H52N2O4. The maximum atomic E-state index is 15.8. The highest BCUT2D eigenvalue weighted by atomic mass is 16.3. The average molecular weight is 661 g/mol. The van der Waals surface area contributed by atoms with Crippen LogP contribution in [0, 0.1) is 17.3 Å². The van der Waals surface area contributed by atoms with Crippen LogP contribution in [0.15, 0.2) is 121 Å². The van der Waals surface area contributed by atoms with Gasteiger partial charge in [0.1, 0.15) is 16.6 Å². The van der Waals surface area contributed by atoms with E-state index in [1.165, 1.54) is 0 Å². The molecule has 4 N–H and O–H groups in total. The molecule has 6 nitrogen and oxygen atoms in total. The molecule has 0 aliphatic heterocycles. The standard InChI is InChI=1S/C43H52N2O4/c1-31(2)29-37(42(48,33-19-9-5-10-20-33)34-21-11-6-12-22-34)45(40(47)41(39(44)46)27-17-18-28-41)38(30-32(3)4)43(49,35-23-13-7-14-24-35)36-25-15-8-16-26-36/h5-16,19-26,31-32,37-38,48-49H,17-18,27-30H2,1-4H3,(H2,44,46). The lowest BCUT2D eigenvalue weighted by Crippen LogP contribution is -2.66. The van der Waals surface area contributed by atoms with Gasteiger partial charge < -0.3 is 20.8 Å². The van der Waals surface area contributed by atoms with Crippen LogP contribution in [0.5, 0.6) is 0 Å². The molecule has 4 aromatic rings. The Hall–Kier alpha value is -4.26. The van der Waals surface area contributed by atoms with Crippen molar-refractivity contribution in [3.05, 3.63) is 144 Å². The van der Waals surface area contributed by atoms with E-state index < -0.39 is 40.5 Å². The Labute approximate surface area is 292 Å². The molecule has 0 radical (unpaired) electrons. The number of carbonyl (C=O) groups excluding carboxylic acids is 2. The summed E-state index contributed by atoms with van der Waals surface area (Å²) in [6.07, 6.45) is 2.80. The fraction of sp³-hybridized carbons (Fsp3) is 0.395. The number of nitrogens with zero attached hydrogens (tertiary/aromatic N) is 1. The highest BCUT2D eigenvalue weighted by Gasteiger charge is 2.58. The minimum absolute atomic E-state index is 0.0219. The summed E-state index contributed by atoms with van der Waals surface area (Å²) in [7, 11) is 0. The summed E-state index contributed by atoms with van der Waals surface area (Å²) in [5.41, 5.74) is 3.81. The van der Waals surface area contributed by atoms with E-state index >= 15 is 4.79 Å². The van der Waals surface area contributed by atoms with Crippen molar-refractivity contribution in [3.8, 4) is 0 Å². The predicted octanol–water partition coefficient (Wildman–Crippen LogP) is 7.56. The zero-order valence-corrected chi connectivity index (χ0v) is 29.3. The molecule has 0 spiro atoms. The summed E-state index contributed by atoms with van der Waals surface area (Å²) in [5, 5.41) is 27.1. The van der Waals surface area contributed by atoms with Crippen molar-refractivity contribution < 1.29 is 19.8 Å². The predicted molar refractivity (Wildman–Crippen MR) is 195 cm³/mol. The molecule has 5 rings (SSSR count). The molecule has 258 valence electrons. The van der Waals surface area contributed by atoms with Gasteiger partial charge in [-0.2, -0.15) is 0 Å². The minimum atomic E-state index is -1.72. The van der Waals surface area contributed by atoms with Gasteiger partial charge in [-0.3, -0.25) is 9.59 Å². The molecule has 2 amide bonds. The van der Waals surface area contributed by atoms with Crippen molar-refractivity contribution >= 4 is 11.8 Å². The average Bonchev–Trinajstić information content (AvgIpc) is 3.63.